The zero-order chi connectivity index (χ0) is 27.8. The van der Waals surface area contributed by atoms with E-state index in [9.17, 15) is 9.59 Å². The minimum absolute atomic E-state index is 0.530. The van der Waals surface area contributed by atoms with Crippen LogP contribution in [0.5, 0.6) is 0 Å². The fraction of sp³-hybridized carbons (Fsp3) is 0.0667. The predicted octanol–water partition coefficient (Wildman–Crippen LogP) is 6.29. The molecule has 2 N–H and O–H groups in total. The van der Waals surface area contributed by atoms with E-state index in [1.165, 1.54) is 23.3 Å². The monoisotopic (exact) mass is 504 g/mol. The zero-order valence-corrected chi connectivity index (χ0v) is 20.3. The second kappa shape index (κ2) is 19.7. The van der Waals surface area contributed by atoms with Gasteiger partial charge in [0.05, 0.1) is 11.4 Å². The van der Waals surface area contributed by atoms with Crippen LogP contribution in [-0.4, -0.2) is 24.3 Å². The van der Waals surface area contributed by atoms with E-state index in [1.807, 2.05) is 24.3 Å². The third kappa shape index (κ3) is 12.2. The summed E-state index contributed by atoms with van der Waals surface area (Å²) < 4.78 is 0. The van der Waals surface area contributed by atoms with Crippen molar-refractivity contribution in [2.45, 2.75) is 12.8 Å². The number of nitrogens with one attached hydrogen (secondary N) is 2. The number of rotatable bonds is 6. The van der Waals surface area contributed by atoms with Gasteiger partial charge in [-0.3, -0.25) is 0 Å². The molecule has 0 bridgehead atoms. The van der Waals surface area contributed by atoms with Gasteiger partial charge in [-0.2, -0.15) is 9.98 Å². The minimum Gasteiger partial charge on any atom is -0.222 e. The lowest BCUT2D eigenvalue weighted by Gasteiger charge is -2.06. The standard InChI is InChI=1S/C15H10N2O2.C13H12.2CHNO/c18-10-16-14-7-3-1-5-12(14)9-13-6-2-4-8-15(13)17-11-19;1-3-7-12(8-4-1)11-13-9-5-2-6-10-13;2*2-1-3/h1-8H,9H2;1-10H,11H2;2*2H. The van der Waals surface area contributed by atoms with Crippen molar-refractivity contribution in [3.63, 3.8) is 0 Å². The fourth-order valence-electron chi connectivity index (χ4n) is 3.27. The number of para-hydroxylation sites is 2. The van der Waals surface area contributed by atoms with Crippen LogP contribution in [0.1, 0.15) is 22.3 Å². The minimum atomic E-state index is 0.530. The smallest absolute Gasteiger partial charge is 0.222 e. The Hall–Kier alpha value is -5.60. The van der Waals surface area contributed by atoms with Gasteiger partial charge in [0.25, 0.3) is 0 Å². The summed E-state index contributed by atoms with van der Waals surface area (Å²) in [5.41, 5.74) is 5.63. The van der Waals surface area contributed by atoms with Crippen molar-refractivity contribution in [2.24, 2.45) is 9.98 Å². The Kier molecular flexibility index (Phi) is 15.8. The maximum atomic E-state index is 10.4. The Balaban J connectivity index is 0.000000328. The molecule has 188 valence electrons. The summed E-state index contributed by atoms with van der Waals surface area (Å²) >= 11 is 0. The average molecular weight is 505 g/mol. The van der Waals surface area contributed by atoms with Crippen LogP contribution in [0.25, 0.3) is 0 Å². The van der Waals surface area contributed by atoms with Crippen molar-refractivity contribution in [3.8, 4) is 0 Å². The van der Waals surface area contributed by atoms with Gasteiger partial charge < -0.3 is 0 Å². The van der Waals surface area contributed by atoms with Crippen LogP contribution in [0.4, 0.5) is 11.4 Å². The van der Waals surface area contributed by atoms with Gasteiger partial charge in [0.2, 0.25) is 24.3 Å². The number of aliphatic imine (C=N–C) groups is 2. The third-order valence-electron chi connectivity index (χ3n) is 4.79. The van der Waals surface area contributed by atoms with Crippen molar-refractivity contribution in [2.75, 3.05) is 0 Å². The number of isocyanates is 4. The molecule has 4 aromatic carbocycles. The van der Waals surface area contributed by atoms with Crippen LogP contribution in [0, 0.1) is 10.8 Å². The first-order valence-corrected chi connectivity index (χ1v) is 11.1. The Labute approximate surface area is 220 Å². The largest absolute Gasteiger partial charge is 0.240 e. The van der Waals surface area contributed by atoms with Gasteiger partial charge in [-0.25, -0.2) is 30.0 Å². The zero-order valence-electron chi connectivity index (χ0n) is 20.3. The Morgan fingerprint density at radius 1 is 0.474 bits per heavy atom. The summed E-state index contributed by atoms with van der Waals surface area (Å²) in [7, 11) is 0. The first-order chi connectivity index (χ1) is 18.6. The molecule has 0 aliphatic heterocycles. The first-order valence-electron chi connectivity index (χ1n) is 11.1. The lowest BCUT2D eigenvalue weighted by molar-refractivity contribution is 0.562. The van der Waals surface area contributed by atoms with E-state index in [1.54, 1.807) is 24.3 Å². The molecule has 0 saturated carbocycles. The lowest BCUT2D eigenvalue weighted by atomic mass is 10.0. The Morgan fingerprint density at radius 2 is 0.789 bits per heavy atom. The molecule has 0 radical (unpaired) electrons. The predicted molar refractivity (Wildman–Crippen MR) is 144 cm³/mol. The number of hydrogen-bond donors (Lipinski definition) is 2. The van der Waals surface area contributed by atoms with Gasteiger partial charge in [0.1, 0.15) is 0 Å². The van der Waals surface area contributed by atoms with Crippen molar-refractivity contribution in [1.82, 2.24) is 0 Å². The van der Waals surface area contributed by atoms with Gasteiger partial charge in [-0.15, -0.1) is 0 Å². The number of nitrogens with zero attached hydrogens (tertiary/aromatic N) is 2. The van der Waals surface area contributed by atoms with Gasteiger partial charge in [-0.1, -0.05) is 97.1 Å². The average Bonchev–Trinajstić information content (AvgIpc) is 2.94. The summed E-state index contributed by atoms with van der Waals surface area (Å²) in [4.78, 5) is 44.8. The van der Waals surface area contributed by atoms with Crippen LogP contribution in [0.15, 0.2) is 119 Å². The van der Waals surface area contributed by atoms with Gasteiger partial charge in [0, 0.05) is 6.42 Å². The van der Waals surface area contributed by atoms with E-state index in [2.05, 4.69) is 70.6 Å². The molecule has 0 aliphatic rings. The maximum absolute atomic E-state index is 10.4. The van der Waals surface area contributed by atoms with Gasteiger partial charge in [0.15, 0.2) is 0 Å². The molecule has 4 aromatic rings. The molecule has 38 heavy (non-hydrogen) atoms. The van der Waals surface area contributed by atoms with Crippen molar-refractivity contribution in [1.29, 1.82) is 10.8 Å². The lowest BCUT2D eigenvalue weighted by Crippen LogP contribution is -1.89. The summed E-state index contributed by atoms with van der Waals surface area (Å²) in [5, 5.41) is 10.8. The summed E-state index contributed by atoms with van der Waals surface area (Å²) in [6, 6.07) is 35.6. The molecule has 8 nitrogen and oxygen atoms in total. The third-order valence-corrected chi connectivity index (χ3v) is 4.79. The fourth-order valence-corrected chi connectivity index (χ4v) is 3.27. The summed E-state index contributed by atoms with van der Waals surface area (Å²) in [6.45, 7) is 0. The molecule has 0 saturated heterocycles. The molecule has 0 amide bonds. The Morgan fingerprint density at radius 3 is 1.13 bits per heavy atom. The van der Waals surface area contributed by atoms with Crippen molar-refractivity contribution >= 4 is 35.7 Å². The quantitative estimate of drug-likeness (QED) is 0.235. The second-order valence-electron chi connectivity index (χ2n) is 7.19. The van der Waals surface area contributed by atoms with E-state index in [-0.39, 0.29) is 0 Å². The van der Waals surface area contributed by atoms with Gasteiger partial charge in [-0.05, 0) is 40.8 Å². The number of hydrogen-bond acceptors (Lipinski definition) is 8. The van der Waals surface area contributed by atoms with E-state index in [4.69, 9.17) is 20.4 Å². The molecule has 8 heteroatoms. The second-order valence-corrected chi connectivity index (χ2v) is 7.19. The van der Waals surface area contributed by atoms with E-state index < -0.39 is 0 Å². The molecule has 0 heterocycles. The van der Waals surface area contributed by atoms with Crippen LogP contribution in [0.2, 0.25) is 0 Å². The highest BCUT2D eigenvalue weighted by molar-refractivity contribution is 5.59. The summed E-state index contributed by atoms with van der Waals surface area (Å²) in [6.07, 6.45) is 6.14. The highest BCUT2D eigenvalue weighted by Crippen LogP contribution is 2.26. The van der Waals surface area contributed by atoms with Crippen LogP contribution in [0.3, 0.4) is 0 Å². The number of carbonyl (C=O) groups excluding carboxylic acids is 4. The van der Waals surface area contributed by atoms with Crippen LogP contribution < -0.4 is 0 Å². The SMILES string of the molecule is N=C=O.N=C=O.O=C=Nc1ccccc1Cc1ccccc1N=C=O.c1ccc(Cc2ccccc2)cc1. The molecule has 0 aliphatic carbocycles. The molecular weight excluding hydrogens is 480 g/mol. The molecule has 0 atom stereocenters. The molecule has 0 fully saturated rings. The molecular formula is C30H24N4O4. The molecule has 0 unspecified atom stereocenters. The molecule has 0 spiro atoms. The Bertz CT molecular complexity index is 1310. The van der Waals surface area contributed by atoms with E-state index in [0.717, 1.165) is 29.7 Å². The highest BCUT2D eigenvalue weighted by atomic mass is 16.1. The van der Waals surface area contributed by atoms with Gasteiger partial charge >= 0.3 is 0 Å². The van der Waals surface area contributed by atoms with Crippen molar-refractivity contribution < 1.29 is 19.2 Å². The summed E-state index contributed by atoms with van der Waals surface area (Å²) in [5.74, 6) is 0. The van der Waals surface area contributed by atoms with Crippen LogP contribution >= 0.6 is 0 Å². The normalized spacial score (nSPS) is 8.42. The van der Waals surface area contributed by atoms with Crippen molar-refractivity contribution in [3.05, 3.63) is 131 Å². The number of benzene rings is 4. The first kappa shape index (κ1) is 30.4. The highest BCUT2D eigenvalue weighted by Gasteiger charge is 2.06. The maximum Gasteiger partial charge on any atom is 0.240 e. The van der Waals surface area contributed by atoms with Crippen LogP contribution in [-0.2, 0) is 32.0 Å². The molecule has 4 rings (SSSR count). The molecule has 0 aromatic heterocycles. The van der Waals surface area contributed by atoms with E-state index in [0.29, 0.717) is 17.8 Å². The van der Waals surface area contributed by atoms with E-state index >= 15 is 0 Å². The topological polar surface area (TPSA) is 141 Å².